The highest BCUT2D eigenvalue weighted by Gasteiger charge is 2.39. The van der Waals surface area contributed by atoms with E-state index in [0.29, 0.717) is 6.42 Å². The van der Waals surface area contributed by atoms with E-state index in [0.717, 1.165) is 0 Å². The zero-order valence-electron chi connectivity index (χ0n) is 10.3. The number of carbonyl (C=O) groups is 2. The van der Waals surface area contributed by atoms with Crippen molar-refractivity contribution in [1.29, 1.82) is 0 Å². The fourth-order valence-corrected chi connectivity index (χ4v) is 3.89. The molecule has 0 aliphatic carbocycles. The number of amides is 2. The SMILES string of the molecule is CC1(C(=O)NS(=O)(=O)c2ccsc2)CCC(=O)NC1. The summed E-state index contributed by atoms with van der Waals surface area (Å²) in [5.74, 6) is -0.704. The number of hydrogen-bond donors (Lipinski definition) is 2. The first-order chi connectivity index (χ1) is 8.83. The fraction of sp³-hybridized carbons (Fsp3) is 0.455. The number of nitrogens with one attached hydrogen (secondary N) is 2. The Labute approximate surface area is 115 Å². The lowest BCUT2D eigenvalue weighted by Crippen LogP contribution is -2.51. The lowest BCUT2D eigenvalue weighted by molar-refractivity contribution is -0.133. The average molecular weight is 302 g/mol. The molecule has 1 fully saturated rings. The van der Waals surface area contributed by atoms with E-state index in [1.807, 2.05) is 0 Å². The van der Waals surface area contributed by atoms with Crippen molar-refractivity contribution in [1.82, 2.24) is 10.0 Å². The van der Waals surface area contributed by atoms with Gasteiger partial charge >= 0.3 is 0 Å². The first-order valence-electron chi connectivity index (χ1n) is 5.70. The molecule has 1 saturated heterocycles. The van der Waals surface area contributed by atoms with Gasteiger partial charge in [-0.15, -0.1) is 0 Å². The molecule has 0 spiro atoms. The Morgan fingerprint density at radius 2 is 2.26 bits per heavy atom. The summed E-state index contributed by atoms with van der Waals surface area (Å²) in [6.45, 7) is 1.79. The van der Waals surface area contributed by atoms with Crippen LogP contribution in [0, 0.1) is 5.41 Å². The molecule has 1 aliphatic rings. The van der Waals surface area contributed by atoms with E-state index < -0.39 is 21.3 Å². The Balaban J connectivity index is 2.11. The predicted octanol–water partition coefficient (Wildman–Crippen LogP) is 0.469. The van der Waals surface area contributed by atoms with E-state index >= 15 is 0 Å². The quantitative estimate of drug-likeness (QED) is 0.849. The molecule has 104 valence electrons. The predicted molar refractivity (Wildman–Crippen MR) is 70.0 cm³/mol. The molecular weight excluding hydrogens is 288 g/mol. The summed E-state index contributed by atoms with van der Waals surface area (Å²) in [5, 5.41) is 5.67. The van der Waals surface area contributed by atoms with Crippen molar-refractivity contribution in [3.8, 4) is 0 Å². The van der Waals surface area contributed by atoms with Crippen LogP contribution in [0.2, 0.25) is 0 Å². The third-order valence-electron chi connectivity index (χ3n) is 3.16. The van der Waals surface area contributed by atoms with Gasteiger partial charge in [0.25, 0.3) is 10.0 Å². The fourth-order valence-electron chi connectivity index (χ4n) is 1.76. The second-order valence-corrected chi connectivity index (χ2v) is 7.19. The van der Waals surface area contributed by atoms with Crippen LogP contribution < -0.4 is 10.0 Å². The molecule has 19 heavy (non-hydrogen) atoms. The molecule has 1 unspecified atom stereocenters. The van der Waals surface area contributed by atoms with Gasteiger partial charge in [-0.05, 0) is 24.8 Å². The first kappa shape index (κ1) is 14.0. The van der Waals surface area contributed by atoms with Crippen molar-refractivity contribution in [3.05, 3.63) is 16.8 Å². The lowest BCUT2D eigenvalue weighted by atomic mass is 9.82. The molecule has 8 heteroatoms. The average Bonchev–Trinajstić information content (AvgIpc) is 2.87. The maximum Gasteiger partial charge on any atom is 0.264 e. The molecule has 6 nitrogen and oxygen atoms in total. The molecule has 1 aromatic rings. The lowest BCUT2D eigenvalue weighted by Gasteiger charge is -2.31. The molecule has 1 atom stereocenters. The van der Waals surface area contributed by atoms with Crippen LogP contribution in [-0.4, -0.2) is 26.8 Å². The summed E-state index contributed by atoms with van der Waals surface area (Å²) < 4.78 is 26.0. The third-order valence-corrected chi connectivity index (χ3v) is 5.32. The molecule has 2 heterocycles. The Kier molecular flexibility index (Phi) is 3.64. The van der Waals surface area contributed by atoms with Crippen molar-refractivity contribution >= 4 is 33.2 Å². The van der Waals surface area contributed by atoms with E-state index in [9.17, 15) is 18.0 Å². The molecule has 0 saturated carbocycles. The van der Waals surface area contributed by atoms with Crippen molar-refractivity contribution in [3.63, 3.8) is 0 Å². The third kappa shape index (κ3) is 2.95. The number of rotatable bonds is 3. The summed E-state index contributed by atoms with van der Waals surface area (Å²) >= 11 is 1.24. The molecule has 0 bridgehead atoms. The van der Waals surface area contributed by atoms with Crippen LogP contribution in [0.5, 0.6) is 0 Å². The minimum Gasteiger partial charge on any atom is -0.355 e. The molecule has 2 rings (SSSR count). The number of piperidine rings is 1. The number of sulfonamides is 1. The summed E-state index contributed by atoms with van der Waals surface area (Å²) in [6.07, 6.45) is 0.562. The highest BCUT2D eigenvalue weighted by atomic mass is 32.2. The van der Waals surface area contributed by atoms with E-state index in [4.69, 9.17) is 0 Å². The van der Waals surface area contributed by atoms with Crippen LogP contribution in [0.4, 0.5) is 0 Å². The van der Waals surface area contributed by atoms with Gasteiger partial charge in [0.2, 0.25) is 11.8 Å². The van der Waals surface area contributed by atoms with Gasteiger partial charge in [0.05, 0.1) is 10.3 Å². The second kappa shape index (κ2) is 4.93. The Morgan fingerprint density at radius 1 is 1.53 bits per heavy atom. The van der Waals surface area contributed by atoms with Crippen molar-refractivity contribution in [2.75, 3.05) is 6.54 Å². The monoisotopic (exact) mass is 302 g/mol. The molecule has 2 amide bonds. The first-order valence-corrected chi connectivity index (χ1v) is 8.12. The number of thiophene rings is 1. The Morgan fingerprint density at radius 3 is 2.79 bits per heavy atom. The summed E-state index contributed by atoms with van der Waals surface area (Å²) in [4.78, 5) is 23.3. The van der Waals surface area contributed by atoms with Gasteiger partial charge in [-0.2, -0.15) is 11.3 Å². The maximum absolute atomic E-state index is 12.1. The smallest absolute Gasteiger partial charge is 0.264 e. The van der Waals surface area contributed by atoms with Crippen LogP contribution in [0.15, 0.2) is 21.7 Å². The van der Waals surface area contributed by atoms with E-state index in [1.165, 1.54) is 22.8 Å². The molecule has 1 aliphatic heterocycles. The van der Waals surface area contributed by atoms with Gasteiger partial charge in [0.15, 0.2) is 0 Å². The van der Waals surface area contributed by atoms with Gasteiger partial charge < -0.3 is 5.32 Å². The molecule has 1 aromatic heterocycles. The second-order valence-electron chi connectivity index (χ2n) is 4.73. The van der Waals surface area contributed by atoms with Crippen LogP contribution in [0.25, 0.3) is 0 Å². The Bertz CT molecular complexity index is 582. The normalized spacial score (nSPS) is 23.7. The highest BCUT2D eigenvalue weighted by molar-refractivity contribution is 7.90. The summed E-state index contributed by atoms with van der Waals surface area (Å²) in [7, 11) is -3.82. The standard InChI is InChI=1S/C11H14N2O4S2/c1-11(4-2-9(14)12-7-11)10(15)13-19(16,17)8-3-5-18-6-8/h3,5-6H,2,4,7H2,1H3,(H,12,14)(H,13,15). The van der Waals surface area contributed by atoms with Crippen LogP contribution in [0.1, 0.15) is 19.8 Å². The highest BCUT2D eigenvalue weighted by Crippen LogP contribution is 2.27. The number of carbonyl (C=O) groups excluding carboxylic acids is 2. The topological polar surface area (TPSA) is 92.3 Å². The van der Waals surface area contributed by atoms with Gasteiger partial charge in [-0.3, -0.25) is 9.59 Å². The van der Waals surface area contributed by atoms with Gasteiger partial charge in [0.1, 0.15) is 0 Å². The molecular formula is C11H14N2O4S2. The van der Waals surface area contributed by atoms with E-state index in [1.54, 1.807) is 12.3 Å². The minimum absolute atomic E-state index is 0.0781. The Hall–Kier alpha value is -1.41. The van der Waals surface area contributed by atoms with Crippen LogP contribution in [-0.2, 0) is 19.6 Å². The molecule has 0 aromatic carbocycles. The summed E-state index contributed by atoms with van der Waals surface area (Å²) in [6, 6.07) is 1.44. The van der Waals surface area contributed by atoms with Gasteiger partial charge in [0, 0.05) is 18.3 Å². The van der Waals surface area contributed by atoms with Gasteiger partial charge in [-0.1, -0.05) is 0 Å². The molecule has 0 radical (unpaired) electrons. The van der Waals surface area contributed by atoms with Crippen molar-refractivity contribution in [2.45, 2.75) is 24.7 Å². The van der Waals surface area contributed by atoms with Crippen molar-refractivity contribution < 1.29 is 18.0 Å². The maximum atomic E-state index is 12.1. The van der Waals surface area contributed by atoms with Crippen LogP contribution >= 0.6 is 11.3 Å². The summed E-state index contributed by atoms with van der Waals surface area (Å²) in [5.41, 5.74) is -0.892. The van der Waals surface area contributed by atoms with Gasteiger partial charge in [-0.25, -0.2) is 13.1 Å². The molecule has 2 N–H and O–H groups in total. The van der Waals surface area contributed by atoms with Crippen molar-refractivity contribution in [2.24, 2.45) is 5.41 Å². The number of hydrogen-bond acceptors (Lipinski definition) is 5. The largest absolute Gasteiger partial charge is 0.355 e. The van der Waals surface area contributed by atoms with E-state index in [-0.39, 0.29) is 23.8 Å². The minimum atomic E-state index is -3.82. The van der Waals surface area contributed by atoms with Crippen LogP contribution in [0.3, 0.4) is 0 Å². The zero-order chi connectivity index (χ0) is 14.1. The van der Waals surface area contributed by atoms with E-state index in [2.05, 4.69) is 10.0 Å². The zero-order valence-corrected chi connectivity index (χ0v) is 11.9.